The van der Waals surface area contributed by atoms with Crippen LogP contribution < -0.4 is 9.80 Å². The molecule has 4 heterocycles. The lowest BCUT2D eigenvalue weighted by Gasteiger charge is -2.31. The Hall–Kier alpha value is -2.62. The fourth-order valence-electron chi connectivity index (χ4n) is 5.21. The number of hydrogen-bond acceptors (Lipinski definition) is 4. The lowest BCUT2D eigenvalue weighted by molar-refractivity contribution is 0.575. The number of aromatic nitrogens is 2. The van der Waals surface area contributed by atoms with Crippen LogP contribution in [0.4, 0.5) is 11.6 Å². The molecule has 2 aliphatic heterocycles. The molecule has 142 valence electrons. The minimum absolute atomic E-state index is 1.11. The average molecular weight is 371 g/mol. The Balaban J connectivity index is 1.66. The van der Waals surface area contributed by atoms with E-state index in [4.69, 9.17) is 9.97 Å². The summed E-state index contributed by atoms with van der Waals surface area (Å²) in [5, 5.41) is 5.12. The fourth-order valence-corrected chi connectivity index (χ4v) is 5.21. The molecule has 2 aromatic heterocycles. The molecule has 2 aliphatic rings. The first-order chi connectivity index (χ1) is 13.9. The molecule has 6 rings (SSSR count). The summed E-state index contributed by atoms with van der Waals surface area (Å²) >= 11 is 0. The molecule has 4 heteroatoms. The maximum Gasteiger partial charge on any atom is 0.137 e. The van der Waals surface area contributed by atoms with Crippen molar-refractivity contribution in [2.24, 2.45) is 0 Å². The zero-order valence-corrected chi connectivity index (χ0v) is 16.3. The minimum Gasteiger partial charge on any atom is -0.356 e. The zero-order chi connectivity index (χ0) is 18.5. The number of rotatable bonds is 2. The molecule has 4 aromatic rings. The highest BCUT2D eigenvalue weighted by molar-refractivity contribution is 6.25. The standard InChI is InChI=1S/C24H26N4/c1-3-13-27(14-4-1)23-17-9-7-12-20-21(17)22-18(10-8-11-19(22)25-23)24(26-20)28-15-5-2-6-16-28/h7-12H,1-6,13-16H2. The summed E-state index contributed by atoms with van der Waals surface area (Å²) in [6, 6.07) is 13.2. The number of hydrogen-bond donors (Lipinski definition) is 0. The van der Waals surface area contributed by atoms with E-state index >= 15 is 0 Å². The molecular weight excluding hydrogens is 344 g/mol. The van der Waals surface area contributed by atoms with Crippen LogP contribution in [0, 0.1) is 0 Å². The highest BCUT2D eigenvalue weighted by atomic mass is 15.2. The lowest BCUT2D eigenvalue weighted by Crippen LogP contribution is -2.31. The Morgan fingerprint density at radius 2 is 0.964 bits per heavy atom. The molecule has 2 aromatic carbocycles. The smallest absolute Gasteiger partial charge is 0.137 e. The average Bonchev–Trinajstić information content (AvgIpc) is 2.78. The van der Waals surface area contributed by atoms with Crippen molar-refractivity contribution in [3.05, 3.63) is 36.4 Å². The summed E-state index contributed by atoms with van der Waals surface area (Å²) in [5.41, 5.74) is 2.23. The van der Waals surface area contributed by atoms with Crippen LogP contribution >= 0.6 is 0 Å². The summed E-state index contributed by atoms with van der Waals surface area (Å²) in [6.45, 7) is 4.44. The quantitative estimate of drug-likeness (QED) is 0.445. The highest BCUT2D eigenvalue weighted by Crippen LogP contribution is 2.41. The molecule has 4 nitrogen and oxygen atoms in total. The second-order valence-corrected chi connectivity index (χ2v) is 8.37. The van der Waals surface area contributed by atoms with Crippen LogP contribution in [-0.4, -0.2) is 36.1 Å². The Labute approximate surface area is 165 Å². The summed E-state index contributed by atoms with van der Waals surface area (Å²) in [4.78, 5) is 15.4. The van der Waals surface area contributed by atoms with E-state index < -0.39 is 0 Å². The molecule has 2 saturated heterocycles. The number of benzene rings is 2. The molecule has 0 unspecified atom stereocenters. The molecule has 2 fully saturated rings. The van der Waals surface area contributed by atoms with E-state index in [-0.39, 0.29) is 0 Å². The van der Waals surface area contributed by atoms with Gasteiger partial charge in [0.15, 0.2) is 0 Å². The van der Waals surface area contributed by atoms with Crippen LogP contribution in [0.2, 0.25) is 0 Å². The van der Waals surface area contributed by atoms with Gasteiger partial charge in [-0.05, 0) is 50.7 Å². The SMILES string of the molecule is c1cc2nc(N3CCCCC3)c3cccc4nc(N5CCCCC5)c(c1)c2c43. The summed E-state index contributed by atoms with van der Waals surface area (Å²) in [5.74, 6) is 2.30. The summed E-state index contributed by atoms with van der Waals surface area (Å²) < 4.78 is 0. The van der Waals surface area contributed by atoms with E-state index in [9.17, 15) is 0 Å². The molecular formula is C24H26N4. The normalized spacial score (nSPS) is 18.6. The number of anilines is 2. The second-order valence-electron chi connectivity index (χ2n) is 8.37. The van der Waals surface area contributed by atoms with Gasteiger partial charge in [0.1, 0.15) is 11.6 Å². The molecule has 0 saturated carbocycles. The van der Waals surface area contributed by atoms with Crippen LogP contribution in [0.25, 0.3) is 32.6 Å². The zero-order valence-electron chi connectivity index (χ0n) is 16.3. The van der Waals surface area contributed by atoms with Crippen molar-refractivity contribution in [1.82, 2.24) is 9.97 Å². The van der Waals surface area contributed by atoms with Crippen LogP contribution in [0.15, 0.2) is 36.4 Å². The topological polar surface area (TPSA) is 32.3 Å². The van der Waals surface area contributed by atoms with Crippen molar-refractivity contribution in [1.29, 1.82) is 0 Å². The monoisotopic (exact) mass is 370 g/mol. The number of pyridine rings is 2. The van der Waals surface area contributed by atoms with Crippen molar-refractivity contribution in [3.63, 3.8) is 0 Å². The van der Waals surface area contributed by atoms with Crippen molar-refractivity contribution < 1.29 is 0 Å². The number of piperidine rings is 2. The van der Waals surface area contributed by atoms with Gasteiger partial charge in [-0.3, -0.25) is 0 Å². The maximum atomic E-state index is 5.19. The second kappa shape index (κ2) is 6.47. The lowest BCUT2D eigenvalue weighted by atomic mass is 9.98. The largest absolute Gasteiger partial charge is 0.356 e. The van der Waals surface area contributed by atoms with Gasteiger partial charge in [0.05, 0.1) is 11.0 Å². The third-order valence-corrected chi connectivity index (χ3v) is 6.58. The van der Waals surface area contributed by atoms with Gasteiger partial charge in [0, 0.05) is 47.7 Å². The van der Waals surface area contributed by atoms with E-state index in [1.54, 1.807) is 0 Å². The van der Waals surface area contributed by atoms with Gasteiger partial charge in [0.25, 0.3) is 0 Å². The third kappa shape index (κ3) is 2.43. The first-order valence-corrected chi connectivity index (χ1v) is 10.8. The van der Waals surface area contributed by atoms with E-state index in [0.29, 0.717) is 0 Å². The van der Waals surface area contributed by atoms with Gasteiger partial charge in [-0.2, -0.15) is 0 Å². The van der Waals surface area contributed by atoms with Crippen LogP contribution in [0.1, 0.15) is 38.5 Å². The van der Waals surface area contributed by atoms with Gasteiger partial charge < -0.3 is 9.80 Å². The first-order valence-electron chi connectivity index (χ1n) is 10.8. The van der Waals surface area contributed by atoms with E-state index in [0.717, 1.165) is 48.8 Å². The predicted molar refractivity (Wildman–Crippen MR) is 118 cm³/mol. The third-order valence-electron chi connectivity index (χ3n) is 6.58. The van der Waals surface area contributed by atoms with Crippen molar-refractivity contribution in [3.8, 4) is 0 Å². The predicted octanol–water partition coefficient (Wildman–Crippen LogP) is 5.35. The van der Waals surface area contributed by atoms with Gasteiger partial charge in [-0.1, -0.05) is 24.3 Å². The van der Waals surface area contributed by atoms with E-state index in [2.05, 4.69) is 46.2 Å². The molecule has 0 amide bonds. The van der Waals surface area contributed by atoms with Crippen molar-refractivity contribution in [2.75, 3.05) is 36.0 Å². The molecule has 0 aliphatic carbocycles. The van der Waals surface area contributed by atoms with Crippen LogP contribution in [0.3, 0.4) is 0 Å². The molecule has 0 spiro atoms. The Morgan fingerprint density at radius 1 is 0.536 bits per heavy atom. The molecule has 28 heavy (non-hydrogen) atoms. The summed E-state index contributed by atoms with van der Waals surface area (Å²) in [7, 11) is 0. The molecule has 0 bridgehead atoms. The minimum atomic E-state index is 1.11. The van der Waals surface area contributed by atoms with Crippen molar-refractivity contribution in [2.45, 2.75) is 38.5 Å². The van der Waals surface area contributed by atoms with Crippen LogP contribution in [-0.2, 0) is 0 Å². The fraction of sp³-hybridized carbons (Fsp3) is 0.417. The van der Waals surface area contributed by atoms with Crippen LogP contribution in [0.5, 0.6) is 0 Å². The van der Waals surface area contributed by atoms with Gasteiger partial charge in [0.2, 0.25) is 0 Å². The van der Waals surface area contributed by atoms with Gasteiger partial charge >= 0.3 is 0 Å². The highest BCUT2D eigenvalue weighted by Gasteiger charge is 2.23. The van der Waals surface area contributed by atoms with Crippen molar-refractivity contribution >= 4 is 44.2 Å². The Bertz CT molecular complexity index is 1050. The van der Waals surface area contributed by atoms with Gasteiger partial charge in [-0.15, -0.1) is 0 Å². The molecule has 0 atom stereocenters. The number of nitrogens with zero attached hydrogens (tertiary/aromatic N) is 4. The van der Waals surface area contributed by atoms with Gasteiger partial charge in [-0.25, -0.2) is 9.97 Å². The first kappa shape index (κ1) is 16.3. The maximum absolute atomic E-state index is 5.19. The van der Waals surface area contributed by atoms with E-state index in [1.165, 1.54) is 60.1 Å². The van der Waals surface area contributed by atoms with E-state index in [1.807, 2.05) is 0 Å². The Morgan fingerprint density at radius 3 is 1.39 bits per heavy atom. The Kier molecular flexibility index (Phi) is 3.78. The summed E-state index contributed by atoms with van der Waals surface area (Å²) in [6.07, 6.45) is 7.72. The molecule has 0 N–H and O–H groups in total. The molecule has 0 radical (unpaired) electrons.